The monoisotopic (exact) mass is 644 g/mol. The van der Waals surface area contributed by atoms with Gasteiger partial charge in [-0.3, -0.25) is 5.32 Å². The molecule has 47 heavy (non-hydrogen) atoms. The van der Waals surface area contributed by atoms with Crippen molar-refractivity contribution in [1.29, 1.82) is 0 Å². The molecule has 0 aromatic heterocycles. The highest BCUT2D eigenvalue weighted by atomic mass is 16.6. The summed E-state index contributed by atoms with van der Waals surface area (Å²) in [7, 11) is 6.47. The fourth-order valence-electron chi connectivity index (χ4n) is 6.45. The first-order valence-electron chi connectivity index (χ1n) is 17.8. The second-order valence-corrected chi connectivity index (χ2v) is 13.6. The van der Waals surface area contributed by atoms with Gasteiger partial charge in [-0.25, -0.2) is 4.79 Å². The second-order valence-electron chi connectivity index (χ2n) is 13.6. The van der Waals surface area contributed by atoms with Crippen LogP contribution in [-0.4, -0.2) is 82.1 Å². The lowest BCUT2D eigenvalue weighted by molar-refractivity contribution is -0.890. The van der Waals surface area contributed by atoms with Crippen LogP contribution in [0.5, 0.6) is 5.75 Å². The van der Waals surface area contributed by atoms with Crippen molar-refractivity contribution < 1.29 is 23.5 Å². The summed E-state index contributed by atoms with van der Waals surface area (Å²) < 4.78 is 18.2. The van der Waals surface area contributed by atoms with Gasteiger partial charge < -0.3 is 23.6 Å². The first-order chi connectivity index (χ1) is 22.9. The number of methoxy groups -OCH3 is 1. The Morgan fingerprint density at radius 1 is 0.787 bits per heavy atom. The van der Waals surface area contributed by atoms with Gasteiger partial charge in [-0.2, -0.15) is 0 Å². The Morgan fingerprint density at radius 3 is 2.17 bits per heavy atom. The SMILES string of the molecule is COc1ccccc1COCCCCCC[N+](C)(C)CCCCCCN1CCC(OC(=O)Nc2ccccc2-c2ccccc2)CC1. The predicted octanol–water partition coefficient (Wildman–Crippen LogP) is 8.79. The minimum absolute atomic E-state index is 0.0206. The highest BCUT2D eigenvalue weighted by Gasteiger charge is 2.22. The molecular weight excluding hydrogens is 586 g/mol. The fourth-order valence-corrected chi connectivity index (χ4v) is 6.45. The number of benzene rings is 3. The van der Waals surface area contributed by atoms with E-state index in [1.165, 1.54) is 58.0 Å². The number of anilines is 1. The zero-order valence-corrected chi connectivity index (χ0v) is 29.1. The molecule has 1 fully saturated rings. The van der Waals surface area contributed by atoms with Crippen molar-refractivity contribution in [3.8, 4) is 16.9 Å². The smallest absolute Gasteiger partial charge is 0.411 e. The first-order valence-corrected chi connectivity index (χ1v) is 17.8. The van der Waals surface area contributed by atoms with Gasteiger partial charge in [0.05, 0.1) is 46.6 Å². The molecule has 3 aromatic rings. The Kier molecular flexibility index (Phi) is 15.6. The lowest BCUT2D eigenvalue weighted by atomic mass is 10.0. The van der Waals surface area contributed by atoms with Crippen LogP contribution in [0, 0.1) is 0 Å². The molecule has 0 radical (unpaired) electrons. The van der Waals surface area contributed by atoms with E-state index in [1.54, 1.807) is 7.11 Å². The van der Waals surface area contributed by atoms with Crippen LogP contribution in [-0.2, 0) is 16.1 Å². The van der Waals surface area contributed by atoms with Crippen LogP contribution in [0.15, 0.2) is 78.9 Å². The van der Waals surface area contributed by atoms with E-state index in [-0.39, 0.29) is 12.2 Å². The van der Waals surface area contributed by atoms with E-state index < -0.39 is 0 Å². The number of nitrogens with zero attached hydrogens (tertiary/aromatic N) is 2. The predicted molar refractivity (Wildman–Crippen MR) is 193 cm³/mol. The van der Waals surface area contributed by atoms with Crippen molar-refractivity contribution in [2.24, 2.45) is 0 Å². The third kappa shape index (κ3) is 13.3. The number of para-hydroxylation sites is 2. The summed E-state index contributed by atoms with van der Waals surface area (Å²) in [5.74, 6) is 0.903. The third-order valence-corrected chi connectivity index (χ3v) is 9.30. The number of amides is 1. The van der Waals surface area contributed by atoms with Crippen LogP contribution in [0.1, 0.15) is 69.8 Å². The molecular formula is C40H58N3O4+. The van der Waals surface area contributed by atoms with Crippen molar-refractivity contribution >= 4 is 11.8 Å². The van der Waals surface area contributed by atoms with Gasteiger partial charge in [0.15, 0.2) is 0 Å². The largest absolute Gasteiger partial charge is 0.496 e. The van der Waals surface area contributed by atoms with Crippen LogP contribution in [0.3, 0.4) is 0 Å². The summed E-state index contributed by atoms with van der Waals surface area (Å²) in [6, 6.07) is 26.1. The number of unbranched alkanes of at least 4 members (excludes halogenated alkanes) is 6. The number of piperidine rings is 1. The van der Waals surface area contributed by atoms with E-state index in [9.17, 15) is 4.79 Å². The quantitative estimate of drug-likeness (QED) is 0.0984. The van der Waals surface area contributed by atoms with E-state index in [1.807, 2.05) is 60.7 Å². The van der Waals surface area contributed by atoms with Crippen LogP contribution >= 0.6 is 0 Å². The molecule has 0 unspecified atom stereocenters. The molecule has 1 amide bonds. The van der Waals surface area contributed by atoms with Gasteiger partial charge in [0.2, 0.25) is 0 Å². The van der Waals surface area contributed by atoms with Gasteiger partial charge in [-0.05, 0) is 75.6 Å². The third-order valence-electron chi connectivity index (χ3n) is 9.30. The number of quaternary nitrogens is 1. The van der Waals surface area contributed by atoms with Crippen LogP contribution in [0.2, 0.25) is 0 Å². The summed E-state index contributed by atoms with van der Waals surface area (Å²) in [4.78, 5) is 15.2. The summed E-state index contributed by atoms with van der Waals surface area (Å²) in [5, 5.41) is 2.98. The van der Waals surface area contributed by atoms with Crippen molar-refractivity contribution in [2.45, 2.75) is 76.9 Å². The number of rotatable bonds is 20. The normalized spacial score (nSPS) is 14.2. The fraction of sp³-hybridized carbons (Fsp3) is 0.525. The number of ether oxygens (including phenoxy) is 3. The zero-order chi connectivity index (χ0) is 33.2. The molecule has 0 spiro atoms. The van der Waals surface area contributed by atoms with Crippen molar-refractivity contribution in [3.63, 3.8) is 0 Å². The number of likely N-dealkylation sites (tertiary alicyclic amines) is 1. The molecule has 1 aliphatic heterocycles. The molecule has 1 N–H and O–H groups in total. The molecule has 4 rings (SSSR count). The van der Waals surface area contributed by atoms with E-state index in [2.05, 4.69) is 42.5 Å². The van der Waals surface area contributed by atoms with E-state index >= 15 is 0 Å². The summed E-state index contributed by atoms with van der Waals surface area (Å²) >= 11 is 0. The number of nitrogens with one attached hydrogen (secondary N) is 1. The Hall–Kier alpha value is -3.39. The second kappa shape index (κ2) is 20.1. The molecule has 0 atom stereocenters. The van der Waals surface area contributed by atoms with Crippen molar-refractivity contribution in [3.05, 3.63) is 84.4 Å². The highest BCUT2D eigenvalue weighted by Crippen LogP contribution is 2.28. The summed E-state index contributed by atoms with van der Waals surface area (Å²) in [6.45, 7) is 7.06. The highest BCUT2D eigenvalue weighted by molar-refractivity contribution is 5.91. The van der Waals surface area contributed by atoms with Gasteiger partial charge in [-0.1, -0.05) is 79.6 Å². The average Bonchev–Trinajstić information content (AvgIpc) is 3.09. The number of hydrogen-bond acceptors (Lipinski definition) is 5. The Balaban J connectivity index is 0.980. The molecule has 0 bridgehead atoms. The summed E-state index contributed by atoms with van der Waals surface area (Å²) in [6.07, 6.45) is 11.4. The Bertz CT molecular complexity index is 1310. The van der Waals surface area contributed by atoms with Gasteiger partial charge in [0.25, 0.3) is 0 Å². The maximum absolute atomic E-state index is 12.7. The Morgan fingerprint density at radius 2 is 1.43 bits per heavy atom. The molecule has 7 heteroatoms. The van der Waals surface area contributed by atoms with Crippen molar-refractivity contribution in [1.82, 2.24) is 4.90 Å². The molecule has 0 saturated carbocycles. The minimum atomic E-state index is -0.362. The average molecular weight is 645 g/mol. The number of hydrogen-bond donors (Lipinski definition) is 1. The number of carbonyl (C=O) groups is 1. The van der Waals surface area contributed by atoms with E-state index in [0.29, 0.717) is 6.61 Å². The summed E-state index contributed by atoms with van der Waals surface area (Å²) in [5.41, 5.74) is 3.97. The van der Waals surface area contributed by atoms with Gasteiger partial charge >= 0.3 is 6.09 Å². The molecule has 3 aromatic carbocycles. The first kappa shape index (κ1) is 36.4. The molecule has 1 aliphatic rings. The number of carbonyl (C=O) groups excluding carboxylic acids is 1. The molecule has 7 nitrogen and oxygen atoms in total. The minimum Gasteiger partial charge on any atom is -0.496 e. The maximum Gasteiger partial charge on any atom is 0.411 e. The van der Waals surface area contributed by atoms with Crippen LogP contribution < -0.4 is 10.1 Å². The molecule has 0 aliphatic carbocycles. The van der Waals surface area contributed by atoms with Gasteiger partial charge in [0, 0.05) is 30.8 Å². The standard InChI is InChI=1S/C40H57N3O4/c1-43(2,31-17-6-7-18-32-46-33-35-21-11-14-24-39(35)45-3)30-16-5-4-15-27-42-28-25-36(26-29-42)47-40(44)41-38-23-13-12-22-37(38)34-19-9-8-10-20-34/h8-14,19-24,36H,4-7,15-18,25-33H2,1-3H3/p+1. The molecule has 1 heterocycles. The zero-order valence-electron chi connectivity index (χ0n) is 29.1. The van der Waals surface area contributed by atoms with Gasteiger partial charge in [-0.15, -0.1) is 0 Å². The maximum atomic E-state index is 12.7. The van der Waals surface area contributed by atoms with E-state index in [0.717, 1.165) is 78.1 Å². The Labute approximate surface area is 283 Å². The topological polar surface area (TPSA) is 60.0 Å². The molecule has 1 saturated heterocycles. The lowest BCUT2D eigenvalue weighted by Crippen LogP contribution is -2.41. The molecule has 256 valence electrons. The lowest BCUT2D eigenvalue weighted by Gasteiger charge is -2.31. The van der Waals surface area contributed by atoms with Crippen molar-refractivity contribution in [2.75, 3.05) is 65.9 Å². The van der Waals surface area contributed by atoms with E-state index in [4.69, 9.17) is 14.2 Å². The van der Waals surface area contributed by atoms with Crippen LogP contribution in [0.25, 0.3) is 11.1 Å². The van der Waals surface area contributed by atoms with Crippen LogP contribution in [0.4, 0.5) is 10.5 Å². The van der Waals surface area contributed by atoms with Gasteiger partial charge in [0.1, 0.15) is 11.9 Å².